The van der Waals surface area contributed by atoms with Crippen LogP contribution in [0.4, 0.5) is 15.9 Å². The summed E-state index contributed by atoms with van der Waals surface area (Å²) in [6.45, 7) is 1.50. The molecule has 0 radical (unpaired) electrons. The van der Waals surface area contributed by atoms with Gasteiger partial charge in [0.25, 0.3) is 11.5 Å². The monoisotopic (exact) mass is 391 g/mol. The molecule has 1 aromatic heterocycles. The summed E-state index contributed by atoms with van der Waals surface area (Å²) in [5.74, 6) is -1.13. The van der Waals surface area contributed by atoms with Crippen molar-refractivity contribution in [2.45, 2.75) is 18.0 Å². The summed E-state index contributed by atoms with van der Waals surface area (Å²) in [6.07, 6.45) is 2.00. The molecule has 27 heavy (non-hydrogen) atoms. The summed E-state index contributed by atoms with van der Waals surface area (Å²) >= 11 is 1.08. The highest BCUT2D eigenvalue weighted by atomic mass is 32.2. The van der Waals surface area contributed by atoms with Crippen LogP contribution < -0.4 is 16.6 Å². The van der Waals surface area contributed by atoms with Crippen molar-refractivity contribution >= 4 is 35.1 Å². The molecule has 4 N–H and O–H groups in total. The number of thioether (sulfide) groups is 1. The van der Waals surface area contributed by atoms with Gasteiger partial charge in [0.05, 0.1) is 5.75 Å². The Bertz CT molecular complexity index is 910. The average Bonchev–Trinajstić information content (AvgIpc) is 3.18. The number of nitrogens with zero attached hydrogens (tertiary/aromatic N) is 2. The van der Waals surface area contributed by atoms with E-state index in [1.807, 2.05) is 0 Å². The van der Waals surface area contributed by atoms with Gasteiger partial charge in [-0.15, -0.1) is 0 Å². The molecule has 0 spiro atoms. The molecule has 1 saturated heterocycles. The van der Waals surface area contributed by atoms with Gasteiger partial charge in [-0.05, 0) is 37.1 Å². The zero-order valence-electron chi connectivity index (χ0n) is 14.3. The van der Waals surface area contributed by atoms with Crippen LogP contribution >= 0.6 is 11.8 Å². The van der Waals surface area contributed by atoms with Gasteiger partial charge in [0.2, 0.25) is 5.91 Å². The fourth-order valence-electron chi connectivity index (χ4n) is 2.63. The lowest BCUT2D eigenvalue weighted by Crippen LogP contribution is -2.29. The van der Waals surface area contributed by atoms with Crippen molar-refractivity contribution in [2.75, 3.05) is 29.9 Å². The summed E-state index contributed by atoms with van der Waals surface area (Å²) in [5, 5.41) is 2.57. The second kappa shape index (κ2) is 8.21. The number of benzene rings is 1. The van der Waals surface area contributed by atoms with Gasteiger partial charge in [0.1, 0.15) is 11.5 Å². The topological polar surface area (TPSA) is 121 Å². The summed E-state index contributed by atoms with van der Waals surface area (Å²) in [7, 11) is 0. The Morgan fingerprint density at radius 2 is 1.93 bits per heavy atom. The number of rotatable bonds is 5. The Morgan fingerprint density at radius 1 is 1.26 bits per heavy atom. The Balaban J connectivity index is 1.67. The lowest BCUT2D eigenvalue weighted by Gasteiger charge is -2.14. The fourth-order valence-corrected chi connectivity index (χ4v) is 3.40. The van der Waals surface area contributed by atoms with Crippen LogP contribution in [0, 0.1) is 5.82 Å². The highest BCUT2D eigenvalue weighted by Gasteiger charge is 2.19. The van der Waals surface area contributed by atoms with Gasteiger partial charge in [-0.25, -0.2) is 9.37 Å². The Hall–Kier alpha value is -2.88. The molecule has 1 aromatic carbocycles. The number of carbonyl (C=O) groups excluding carboxylic acids is 2. The Morgan fingerprint density at radius 3 is 2.56 bits per heavy atom. The first-order valence-electron chi connectivity index (χ1n) is 8.31. The van der Waals surface area contributed by atoms with Gasteiger partial charge in [0.15, 0.2) is 11.0 Å². The van der Waals surface area contributed by atoms with Crippen LogP contribution in [0.15, 0.2) is 34.2 Å². The number of H-pyrrole nitrogens is 1. The molecule has 2 heterocycles. The first-order chi connectivity index (χ1) is 12.9. The predicted octanol–water partition coefficient (Wildman–Crippen LogP) is 1.46. The quantitative estimate of drug-likeness (QED) is 0.524. The van der Waals surface area contributed by atoms with Crippen molar-refractivity contribution in [2.24, 2.45) is 0 Å². The molecule has 8 nitrogen and oxygen atoms in total. The lowest BCUT2D eigenvalue weighted by atomic mass is 10.2. The summed E-state index contributed by atoms with van der Waals surface area (Å²) in [4.78, 5) is 44.7. The van der Waals surface area contributed by atoms with Gasteiger partial charge in [0, 0.05) is 18.7 Å². The molecule has 1 aliphatic rings. The smallest absolute Gasteiger partial charge is 0.277 e. The maximum atomic E-state index is 12.9. The van der Waals surface area contributed by atoms with E-state index in [9.17, 15) is 18.8 Å². The minimum atomic E-state index is -0.630. The summed E-state index contributed by atoms with van der Waals surface area (Å²) in [6, 6.07) is 4.85. The number of hydrogen-bond acceptors (Lipinski definition) is 6. The van der Waals surface area contributed by atoms with Crippen LogP contribution in [-0.4, -0.2) is 45.5 Å². The molecule has 0 aliphatic carbocycles. The number of likely N-dealkylation sites (tertiary alicyclic amines) is 1. The highest BCUT2D eigenvalue weighted by Crippen LogP contribution is 2.19. The Labute approximate surface area is 158 Å². The minimum absolute atomic E-state index is 0.0209. The van der Waals surface area contributed by atoms with Crippen molar-refractivity contribution in [1.82, 2.24) is 14.9 Å². The largest absolute Gasteiger partial charge is 0.382 e. The van der Waals surface area contributed by atoms with Crippen LogP contribution in [0.5, 0.6) is 0 Å². The maximum Gasteiger partial charge on any atom is 0.277 e. The van der Waals surface area contributed by atoms with Crippen LogP contribution in [0.3, 0.4) is 0 Å². The van der Waals surface area contributed by atoms with E-state index in [1.165, 1.54) is 12.1 Å². The summed E-state index contributed by atoms with van der Waals surface area (Å²) < 4.78 is 12.9. The molecule has 0 unspecified atom stereocenters. The van der Waals surface area contributed by atoms with E-state index in [0.29, 0.717) is 0 Å². The molecular weight excluding hydrogens is 373 g/mol. The number of hydrogen-bond donors (Lipinski definition) is 3. The van der Waals surface area contributed by atoms with Crippen molar-refractivity contribution in [3.05, 3.63) is 46.0 Å². The van der Waals surface area contributed by atoms with E-state index in [-0.39, 0.29) is 33.9 Å². The van der Waals surface area contributed by atoms with Gasteiger partial charge in [-0.2, -0.15) is 0 Å². The maximum absolute atomic E-state index is 12.9. The molecule has 0 bridgehead atoms. The van der Waals surface area contributed by atoms with Crippen LogP contribution in [-0.2, 0) is 4.79 Å². The van der Waals surface area contributed by atoms with E-state index in [4.69, 9.17) is 5.73 Å². The SMILES string of the molecule is Nc1nc(SCC(=O)N2CCCC2)[nH]c(=O)c1NC(=O)c1ccc(F)cc1. The number of carbonyl (C=O) groups is 2. The van der Waals surface area contributed by atoms with E-state index >= 15 is 0 Å². The van der Waals surface area contributed by atoms with E-state index in [2.05, 4.69) is 15.3 Å². The van der Waals surface area contributed by atoms with Crippen molar-refractivity contribution in [1.29, 1.82) is 0 Å². The lowest BCUT2D eigenvalue weighted by molar-refractivity contribution is -0.127. The molecule has 0 saturated carbocycles. The molecule has 2 amide bonds. The number of amides is 2. The molecule has 1 aliphatic heterocycles. The third-order valence-electron chi connectivity index (χ3n) is 4.06. The molecule has 142 valence electrons. The highest BCUT2D eigenvalue weighted by molar-refractivity contribution is 7.99. The van der Waals surface area contributed by atoms with E-state index in [1.54, 1.807) is 4.90 Å². The standard InChI is InChI=1S/C17H18FN5O3S/c18-11-5-3-10(4-6-11)15(25)20-13-14(19)21-17(22-16(13)26)27-9-12(24)23-7-1-2-8-23/h3-6H,1-2,7-9H2,(H,20,25)(H3,19,21,22,26). The van der Waals surface area contributed by atoms with Crippen LogP contribution in [0.25, 0.3) is 0 Å². The van der Waals surface area contributed by atoms with Gasteiger partial charge < -0.3 is 16.0 Å². The minimum Gasteiger partial charge on any atom is -0.382 e. The van der Waals surface area contributed by atoms with Crippen molar-refractivity contribution in [3.63, 3.8) is 0 Å². The summed E-state index contributed by atoms with van der Waals surface area (Å²) in [5.41, 5.74) is 5.13. The zero-order chi connectivity index (χ0) is 19.4. The van der Waals surface area contributed by atoms with Gasteiger partial charge in [-0.1, -0.05) is 11.8 Å². The number of aromatic nitrogens is 2. The van der Waals surface area contributed by atoms with Crippen LogP contribution in [0.1, 0.15) is 23.2 Å². The normalized spacial score (nSPS) is 13.6. The van der Waals surface area contributed by atoms with E-state index in [0.717, 1.165) is 49.8 Å². The van der Waals surface area contributed by atoms with E-state index < -0.39 is 17.3 Å². The number of nitrogens with one attached hydrogen (secondary N) is 2. The molecule has 2 aromatic rings. The van der Waals surface area contributed by atoms with Crippen molar-refractivity contribution in [3.8, 4) is 0 Å². The number of nitrogens with two attached hydrogens (primary N) is 1. The van der Waals surface area contributed by atoms with Crippen molar-refractivity contribution < 1.29 is 14.0 Å². The molecule has 1 fully saturated rings. The predicted molar refractivity (Wildman–Crippen MR) is 100 cm³/mol. The second-order valence-electron chi connectivity index (χ2n) is 5.97. The number of anilines is 2. The molecule has 3 rings (SSSR count). The van der Waals surface area contributed by atoms with Gasteiger partial charge in [-0.3, -0.25) is 19.4 Å². The van der Waals surface area contributed by atoms with Gasteiger partial charge >= 0.3 is 0 Å². The third kappa shape index (κ3) is 4.64. The Kier molecular flexibility index (Phi) is 5.75. The number of halogens is 1. The molecule has 0 atom stereocenters. The molecular formula is C17H18FN5O3S. The average molecular weight is 391 g/mol. The first-order valence-corrected chi connectivity index (χ1v) is 9.30. The third-order valence-corrected chi connectivity index (χ3v) is 4.92. The molecule has 10 heteroatoms. The second-order valence-corrected chi connectivity index (χ2v) is 6.93. The number of nitrogen functional groups attached to an aromatic ring is 1. The first kappa shape index (κ1) is 18.9. The fraction of sp³-hybridized carbons (Fsp3) is 0.294. The van der Waals surface area contributed by atoms with Crippen LogP contribution in [0.2, 0.25) is 0 Å². The number of aromatic amines is 1. The zero-order valence-corrected chi connectivity index (χ0v) is 15.1.